The third-order valence-electron chi connectivity index (χ3n) is 8.72. The topological polar surface area (TPSA) is 78.8 Å². The Bertz CT molecular complexity index is 615. The van der Waals surface area contributed by atoms with Crippen molar-refractivity contribution in [2.24, 2.45) is 45.4 Å². The van der Waals surface area contributed by atoms with Crippen LogP contribution in [-0.4, -0.2) is 28.1 Å². The van der Waals surface area contributed by atoms with E-state index in [0.29, 0.717) is 23.7 Å². The van der Waals surface area contributed by atoms with Crippen LogP contribution >= 0.6 is 0 Å². The standard InChI is InChI=1S/C21H34N2O2/c1-12(23-22)16-6-7-17-15-5-4-13-10-14(24)8-9-20(13,2)19(15)18(25)11-21(16,17)3/h4,14-19,24-25H,5-11,22H2,1-3H3/t14-,15?,16+,17?,18-,19?,20-,21+/m0/s1. The normalized spacial score (nSPS) is 52.8. The minimum atomic E-state index is -0.263. The molecule has 0 radical (unpaired) electrons. The van der Waals surface area contributed by atoms with Crippen LogP contribution in [0.1, 0.15) is 65.7 Å². The van der Waals surface area contributed by atoms with Gasteiger partial charge in [0, 0.05) is 11.6 Å². The molecule has 0 aromatic rings. The number of nitrogens with two attached hydrogens (primary N) is 1. The first kappa shape index (κ1) is 17.5. The molecule has 0 amide bonds. The number of fused-ring (bicyclic) bond motifs is 5. The minimum absolute atomic E-state index is 0.0674. The van der Waals surface area contributed by atoms with Crippen molar-refractivity contribution >= 4 is 5.71 Å². The quantitative estimate of drug-likeness (QED) is 0.295. The highest BCUT2D eigenvalue weighted by atomic mass is 16.3. The molecule has 0 aromatic heterocycles. The molecule has 4 N–H and O–H groups in total. The number of hydrazone groups is 1. The highest BCUT2D eigenvalue weighted by Crippen LogP contribution is 2.66. The van der Waals surface area contributed by atoms with Crippen LogP contribution < -0.4 is 5.84 Å². The van der Waals surface area contributed by atoms with Gasteiger partial charge >= 0.3 is 0 Å². The Balaban J connectivity index is 1.71. The van der Waals surface area contributed by atoms with Crippen molar-refractivity contribution in [2.75, 3.05) is 0 Å². The summed E-state index contributed by atoms with van der Waals surface area (Å²) in [6, 6.07) is 0. The van der Waals surface area contributed by atoms with E-state index in [4.69, 9.17) is 5.84 Å². The van der Waals surface area contributed by atoms with Crippen LogP contribution in [0, 0.1) is 34.5 Å². The third-order valence-corrected chi connectivity index (χ3v) is 8.72. The Labute approximate surface area is 151 Å². The third kappa shape index (κ3) is 2.36. The first-order valence-corrected chi connectivity index (χ1v) is 10.1. The van der Waals surface area contributed by atoms with E-state index in [9.17, 15) is 10.2 Å². The Hall–Kier alpha value is -0.870. The first-order valence-electron chi connectivity index (χ1n) is 10.1. The van der Waals surface area contributed by atoms with E-state index in [1.165, 1.54) is 12.0 Å². The average Bonchev–Trinajstić information content (AvgIpc) is 2.91. The largest absolute Gasteiger partial charge is 0.393 e. The monoisotopic (exact) mass is 346 g/mol. The maximum Gasteiger partial charge on any atom is 0.0585 e. The second-order valence-electron chi connectivity index (χ2n) is 9.75. The molecule has 4 heteroatoms. The van der Waals surface area contributed by atoms with E-state index in [1.54, 1.807) is 0 Å². The summed E-state index contributed by atoms with van der Waals surface area (Å²) in [6.07, 6.45) is 8.94. The van der Waals surface area contributed by atoms with Gasteiger partial charge in [-0.05, 0) is 80.5 Å². The SMILES string of the molecule is CC(=NN)[C@H]1CCC2C3CC=C4C[C@@H](O)CC[C@]4(C)C3[C@@H](O)C[C@@]21C. The fraction of sp³-hybridized carbons (Fsp3) is 0.857. The number of allylic oxidation sites excluding steroid dienone is 1. The lowest BCUT2D eigenvalue weighted by Crippen LogP contribution is -2.56. The molecule has 25 heavy (non-hydrogen) atoms. The fourth-order valence-corrected chi connectivity index (χ4v) is 7.55. The predicted octanol–water partition coefficient (Wildman–Crippen LogP) is 3.23. The lowest BCUT2D eigenvalue weighted by Gasteiger charge is -2.59. The summed E-state index contributed by atoms with van der Waals surface area (Å²) in [5, 5.41) is 25.4. The number of hydrogen-bond acceptors (Lipinski definition) is 4. The molecule has 4 rings (SSSR count). The van der Waals surface area contributed by atoms with Crippen LogP contribution in [0.25, 0.3) is 0 Å². The van der Waals surface area contributed by atoms with Crippen LogP contribution in [0.15, 0.2) is 16.8 Å². The molecule has 140 valence electrons. The van der Waals surface area contributed by atoms with Gasteiger partial charge in [0.25, 0.3) is 0 Å². The van der Waals surface area contributed by atoms with Crippen molar-refractivity contribution in [3.63, 3.8) is 0 Å². The van der Waals surface area contributed by atoms with Crippen LogP contribution in [0.5, 0.6) is 0 Å². The molecule has 0 aliphatic heterocycles. The van der Waals surface area contributed by atoms with Crippen LogP contribution in [0.2, 0.25) is 0 Å². The lowest BCUT2D eigenvalue weighted by atomic mass is 9.46. The molecule has 0 spiro atoms. The van der Waals surface area contributed by atoms with Gasteiger partial charge in [0.15, 0.2) is 0 Å². The molecule has 0 bridgehead atoms. The molecule has 0 saturated heterocycles. The van der Waals surface area contributed by atoms with Gasteiger partial charge in [-0.3, -0.25) is 0 Å². The number of aliphatic hydroxyl groups is 2. The number of rotatable bonds is 1. The van der Waals surface area contributed by atoms with Gasteiger partial charge in [-0.1, -0.05) is 25.5 Å². The van der Waals surface area contributed by atoms with Crippen LogP contribution in [0.4, 0.5) is 0 Å². The fourth-order valence-electron chi connectivity index (χ4n) is 7.55. The van der Waals surface area contributed by atoms with Crippen LogP contribution in [-0.2, 0) is 0 Å². The van der Waals surface area contributed by atoms with Crippen molar-refractivity contribution in [1.29, 1.82) is 0 Å². The number of hydrogen-bond donors (Lipinski definition) is 3. The maximum atomic E-state index is 11.3. The zero-order chi connectivity index (χ0) is 18.0. The summed E-state index contributed by atoms with van der Waals surface area (Å²) < 4.78 is 0. The van der Waals surface area contributed by atoms with Gasteiger partial charge in [0.2, 0.25) is 0 Å². The van der Waals surface area contributed by atoms with E-state index < -0.39 is 0 Å². The molecule has 0 aromatic carbocycles. The van der Waals surface area contributed by atoms with Gasteiger partial charge in [0.1, 0.15) is 0 Å². The smallest absolute Gasteiger partial charge is 0.0585 e. The minimum Gasteiger partial charge on any atom is -0.393 e. The van der Waals surface area contributed by atoms with Crippen molar-refractivity contribution < 1.29 is 10.2 Å². The van der Waals surface area contributed by atoms with Crippen molar-refractivity contribution in [1.82, 2.24) is 0 Å². The van der Waals surface area contributed by atoms with Gasteiger partial charge < -0.3 is 16.1 Å². The second kappa shape index (κ2) is 5.82. The van der Waals surface area contributed by atoms with E-state index in [1.807, 2.05) is 0 Å². The highest BCUT2D eigenvalue weighted by Gasteiger charge is 2.61. The lowest BCUT2D eigenvalue weighted by molar-refractivity contribution is -0.120. The zero-order valence-electron chi connectivity index (χ0n) is 15.9. The van der Waals surface area contributed by atoms with E-state index in [2.05, 4.69) is 31.9 Å². The van der Waals surface area contributed by atoms with E-state index in [0.717, 1.165) is 44.2 Å². The molecule has 4 aliphatic carbocycles. The van der Waals surface area contributed by atoms with Crippen molar-refractivity contribution in [2.45, 2.75) is 77.9 Å². The van der Waals surface area contributed by atoms with E-state index >= 15 is 0 Å². The highest BCUT2D eigenvalue weighted by molar-refractivity contribution is 5.85. The maximum absolute atomic E-state index is 11.3. The summed E-state index contributed by atoms with van der Waals surface area (Å²) >= 11 is 0. The molecule has 4 nitrogen and oxygen atoms in total. The van der Waals surface area contributed by atoms with Crippen molar-refractivity contribution in [3.05, 3.63) is 11.6 Å². The van der Waals surface area contributed by atoms with Gasteiger partial charge in [0.05, 0.1) is 12.2 Å². The van der Waals surface area contributed by atoms with Crippen molar-refractivity contribution in [3.8, 4) is 0 Å². The zero-order valence-corrected chi connectivity index (χ0v) is 15.9. The molecular weight excluding hydrogens is 312 g/mol. The summed E-state index contributed by atoms with van der Waals surface area (Å²) in [5.74, 6) is 7.55. The first-order chi connectivity index (χ1) is 11.8. The summed E-state index contributed by atoms with van der Waals surface area (Å²) in [4.78, 5) is 0. The molecule has 3 unspecified atom stereocenters. The molecule has 3 saturated carbocycles. The Morgan fingerprint density at radius 3 is 2.72 bits per heavy atom. The Morgan fingerprint density at radius 1 is 1.24 bits per heavy atom. The Kier molecular flexibility index (Phi) is 4.08. The van der Waals surface area contributed by atoms with Gasteiger partial charge in [-0.2, -0.15) is 5.10 Å². The average molecular weight is 347 g/mol. The molecule has 8 atom stereocenters. The summed E-state index contributed by atoms with van der Waals surface area (Å²) in [7, 11) is 0. The summed E-state index contributed by atoms with van der Waals surface area (Å²) in [5.41, 5.74) is 2.64. The van der Waals surface area contributed by atoms with E-state index in [-0.39, 0.29) is 23.0 Å². The molecule has 4 aliphatic rings. The number of nitrogens with zero attached hydrogens (tertiary/aromatic N) is 1. The van der Waals surface area contributed by atoms with Crippen LogP contribution in [0.3, 0.4) is 0 Å². The molecule has 0 heterocycles. The molecular formula is C21H34N2O2. The second-order valence-corrected chi connectivity index (χ2v) is 9.75. The Morgan fingerprint density at radius 2 is 2.00 bits per heavy atom. The summed E-state index contributed by atoms with van der Waals surface area (Å²) in [6.45, 7) is 6.78. The van der Waals surface area contributed by atoms with Gasteiger partial charge in [-0.25, -0.2) is 0 Å². The predicted molar refractivity (Wildman–Crippen MR) is 99.9 cm³/mol. The molecule has 3 fully saturated rings. The number of aliphatic hydroxyl groups excluding tert-OH is 2. The van der Waals surface area contributed by atoms with Gasteiger partial charge in [-0.15, -0.1) is 0 Å².